The lowest BCUT2D eigenvalue weighted by molar-refractivity contribution is -0.121. The van der Waals surface area contributed by atoms with Crippen LogP contribution in [0.5, 0.6) is 0 Å². The van der Waals surface area contributed by atoms with Gasteiger partial charge in [0.1, 0.15) is 0 Å². The number of rotatable bonds is 8. The summed E-state index contributed by atoms with van der Waals surface area (Å²) in [4.78, 5) is 12.6. The zero-order valence-electron chi connectivity index (χ0n) is 16.9. The number of amides is 1. The fourth-order valence-electron chi connectivity index (χ4n) is 2.79. The molecule has 0 aliphatic carbocycles. The van der Waals surface area contributed by atoms with E-state index < -0.39 is 22.5 Å². The lowest BCUT2D eigenvalue weighted by atomic mass is 10.2. The Morgan fingerprint density at radius 1 is 0.970 bits per heavy atom. The van der Waals surface area contributed by atoms with Crippen LogP contribution in [0.2, 0.25) is 15.1 Å². The number of nitrogens with zero attached hydrogens (tertiary/aromatic N) is 2. The molecule has 0 unspecified atom stereocenters. The Morgan fingerprint density at radius 2 is 1.64 bits per heavy atom. The van der Waals surface area contributed by atoms with Gasteiger partial charge in [0.15, 0.2) is 0 Å². The van der Waals surface area contributed by atoms with Crippen LogP contribution in [0, 0.1) is 0 Å². The minimum absolute atomic E-state index is 0.0414. The number of nitrogens with one attached hydrogen (secondary N) is 1. The largest absolute Gasteiger partial charge is 0.272 e. The van der Waals surface area contributed by atoms with E-state index in [4.69, 9.17) is 34.8 Å². The van der Waals surface area contributed by atoms with Crippen LogP contribution < -0.4 is 5.43 Å². The lowest BCUT2D eigenvalue weighted by Crippen LogP contribution is -2.39. The Bertz CT molecular complexity index is 1290. The monoisotopic (exact) mass is 587 g/mol. The van der Waals surface area contributed by atoms with Gasteiger partial charge in [0.2, 0.25) is 10.0 Å². The average molecular weight is 590 g/mol. The minimum Gasteiger partial charge on any atom is -0.272 e. The molecule has 172 valence electrons. The molecule has 3 aromatic rings. The molecule has 33 heavy (non-hydrogen) atoms. The smallest absolute Gasteiger partial charge is 0.255 e. The highest BCUT2D eigenvalue weighted by Crippen LogP contribution is 2.25. The van der Waals surface area contributed by atoms with Gasteiger partial charge in [0.25, 0.3) is 5.91 Å². The number of carbonyl (C=O) groups excluding carboxylic acids is 1. The maximum absolute atomic E-state index is 13.3. The van der Waals surface area contributed by atoms with Crippen LogP contribution in [0.15, 0.2) is 81.2 Å². The van der Waals surface area contributed by atoms with Crippen LogP contribution >= 0.6 is 50.7 Å². The molecular weight excluding hydrogens is 573 g/mol. The van der Waals surface area contributed by atoms with Gasteiger partial charge in [-0.2, -0.15) is 9.41 Å². The highest BCUT2D eigenvalue weighted by Gasteiger charge is 2.27. The molecule has 0 saturated carbocycles. The third kappa shape index (κ3) is 6.79. The topological polar surface area (TPSA) is 78.8 Å². The van der Waals surface area contributed by atoms with Crippen LogP contribution in [0.1, 0.15) is 11.1 Å². The molecule has 6 nitrogen and oxygen atoms in total. The molecule has 0 fully saturated rings. The second-order valence-electron chi connectivity index (χ2n) is 6.75. The molecule has 0 radical (unpaired) electrons. The number of hydrogen-bond donors (Lipinski definition) is 1. The molecule has 3 rings (SSSR count). The fourth-order valence-corrected chi connectivity index (χ4v) is 4.98. The van der Waals surface area contributed by atoms with Crippen molar-refractivity contribution in [1.29, 1.82) is 0 Å². The Kier molecular flexibility index (Phi) is 8.92. The van der Waals surface area contributed by atoms with Gasteiger partial charge in [-0.05, 0) is 42.0 Å². The summed E-state index contributed by atoms with van der Waals surface area (Å²) in [6.45, 7) is -0.584. The van der Waals surface area contributed by atoms with Gasteiger partial charge in [-0.1, -0.05) is 81.1 Å². The van der Waals surface area contributed by atoms with E-state index in [-0.39, 0.29) is 16.5 Å². The Labute approximate surface area is 215 Å². The predicted octanol–water partition coefficient (Wildman–Crippen LogP) is 5.75. The molecule has 0 aliphatic heterocycles. The summed E-state index contributed by atoms with van der Waals surface area (Å²) in [5.41, 5.74) is 3.38. The van der Waals surface area contributed by atoms with Crippen molar-refractivity contribution in [2.24, 2.45) is 5.10 Å². The molecule has 0 atom stereocenters. The molecule has 0 bridgehead atoms. The first kappa shape index (κ1) is 25.7. The molecule has 3 aromatic carbocycles. The SMILES string of the molecule is O=C(CN(Cc1ccccc1Cl)S(=O)(=O)c1ccc(Br)cc1)N/N=C/c1cccc(Cl)c1Cl. The summed E-state index contributed by atoms with van der Waals surface area (Å²) in [6.07, 6.45) is 1.33. The van der Waals surface area contributed by atoms with Crippen molar-refractivity contribution in [3.8, 4) is 0 Å². The van der Waals surface area contributed by atoms with E-state index >= 15 is 0 Å². The van der Waals surface area contributed by atoms with E-state index in [0.717, 1.165) is 8.78 Å². The molecule has 0 aliphatic rings. The van der Waals surface area contributed by atoms with Gasteiger partial charge in [-0.3, -0.25) is 4.79 Å². The molecule has 1 N–H and O–H groups in total. The van der Waals surface area contributed by atoms with Crippen molar-refractivity contribution in [3.63, 3.8) is 0 Å². The second-order valence-corrected chi connectivity index (χ2v) is 10.8. The van der Waals surface area contributed by atoms with Crippen LogP contribution in [-0.4, -0.2) is 31.4 Å². The standard InChI is InChI=1S/C22H17BrCl3N3O3S/c23-17-8-10-18(11-9-17)33(31,32)29(13-16-4-1-2-6-19(16)24)14-21(30)28-27-12-15-5-3-7-20(25)22(15)26/h1-12H,13-14H2,(H,28,30)/b27-12+. The number of halogens is 4. The van der Waals surface area contributed by atoms with E-state index in [9.17, 15) is 13.2 Å². The molecule has 0 aromatic heterocycles. The van der Waals surface area contributed by atoms with Gasteiger partial charge in [-0.15, -0.1) is 0 Å². The van der Waals surface area contributed by atoms with E-state index in [1.807, 2.05) is 0 Å². The highest BCUT2D eigenvalue weighted by molar-refractivity contribution is 9.10. The fraction of sp³-hybridized carbons (Fsp3) is 0.0909. The maximum Gasteiger partial charge on any atom is 0.255 e. The minimum atomic E-state index is -4.01. The highest BCUT2D eigenvalue weighted by atomic mass is 79.9. The van der Waals surface area contributed by atoms with Crippen molar-refractivity contribution in [3.05, 3.63) is 97.4 Å². The Balaban J connectivity index is 1.82. The van der Waals surface area contributed by atoms with E-state index in [1.54, 1.807) is 54.6 Å². The molecular formula is C22H17BrCl3N3O3S. The van der Waals surface area contributed by atoms with Crippen molar-refractivity contribution >= 4 is 72.9 Å². The van der Waals surface area contributed by atoms with Crippen LogP contribution in [-0.2, 0) is 21.4 Å². The number of benzene rings is 3. The van der Waals surface area contributed by atoms with E-state index in [2.05, 4.69) is 26.5 Å². The summed E-state index contributed by atoms with van der Waals surface area (Å²) in [5.74, 6) is -0.642. The van der Waals surface area contributed by atoms with Crippen molar-refractivity contribution in [2.45, 2.75) is 11.4 Å². The summed E-state index contributed by atoms with van der Waals surface area (Å²) in [5, 5.41) is 4.89. The van der Waals surface area contributed by atoms with Gasteiger partial charge >= 0.3 is 0 Å². The lowest BCUT2D eigenvalue weighted by Gasteiger charge is -2.22. The summed E-state index contributed by atoms with van der Waals surface area (Å²) in [7, 11) is -4.01. The number of carbonyl (C=O) groups is 1. The number of sulfonamides is 1. The van der Waals surface area contributed by atoms with Gasteiger partial charge in [0.05, 0.1) is 27.7 Å². The first-order valence-corrected chi connectivity index (χ1v) is 12.8. The molecule has 0 spiro atoms. The zero-order valence-corrected chi connectivity index (χ0v) is 21.6. The summed E-state index contributed by atoms with van der Waals surface area (Å²) < 4.78 is 28.3. The molecule has 0 saturated heterocycles. The zero-order chi connectivity index (χ0) is 24.0. The third-order valence-electron chi connectivity index (χ3n) is 4.45. The molecule has 0 heterocycles. The second kappa shape index (κ2) is 11.5. The van der Waals surface area contributed by atoms with Crippen LogP contribution in [0.25, 0.3) is 0 Å². The first-order chi connectivity index (χ1) is 15.7. The Morgan fingerprint density at radius 3 is 2.33 bits per heavy atom. The average Bonchev–Trinajstić information content (AvgIpc) is 2.78. The number of hydrogen-bond acceptors (Lipinski definition) is 4. The van der Waals surface area contributed by atoms with Crippen molar-refractivity contribution in [2.75, 3.05) is 6.54 Å². The van der Waals surface area contributed by atoms with Crippen molar-refractivity contribution in [1.82, 2.24) is 9.73 Å². The van der Waals surface area contributed by atoms with Gasteiger partial charge in [0, 0.05) is 21.6 Å². The van der Waals surface area contributed by atoms with E-state index in [1.165, 1.54) is 18.3 Å². The van der Waals surface area contributed by atoms with Gasteiger partial charge in [-0.25, -0.2) is 13.8 Å². The van der Waals surface area contributed by atoms with Crippen LogP contribution in [0.4, 0.5) is 0 Å². The van der Waals surface area contributed by atoms with E-state index in [0.29, 0.717) is 21.2 Å². The number of hydrazone groups is 1. The quantitative estimate of drug-likeness (QED) is 0.269. The van der Waals surface area contributed by atoms with Crippen LogP contribution in [0.3, 0.4) is 0 Å². The predicted molar refractivity (Wildman–Crippen MR) is 135 cm³/mol. The van der Waals surface area contributed by atoms with Gasteiger partial charge < -0.3 is 0 Å². The first-order valence-electron chi connectivity index (χ1n) is 9.43. The maximum atomic E-state index is 13.3. The normalized spacial score (nSPS) is 11.8. The Hall–Kier alpha value is -1.94. The molecule has 11 heteroatoms. The summed E-state index contributed by atoms with van der Waals surface area (Å²) in [6, 6.07) is 17.9. The summed E-state index contributed by atoms with van der Waals surface area (Å²) >= 11 is 21.6. The molecule has 1 amide bonds. The third-order valence-corrected chi connectivity index (χ3v) is 7.99. The van der Waals surface area contributed by atoms with Crippen molar-refractivity contribution < 1.29 is 13.2 Å².